The van der Waals surface area contributed by atoms with Gasteiger partial charge in [-0.15, -0.1) is 0 Å². The van der Waals surface area contributed by atoms with Gasteiger partial charge in [0.2, 0.25) is 5.91 Å². The molecule has 0 saturated heterocycles. The Labute approximate surface area is 111 Å². The Kier molecular flexibility index (Phi) is 6.48. The first-order chi connectivity index (χ1) is 7.70. The molecule has 98 valence electrons. The summed E-state index contributed by atoms with van der Waals surface area (Å²) in [5, 5.41) is 2.59. The van der Waals surface area contributed by atoms with Gasteiger partial charge in [0, 0.05) is 14.1 Å². The number of nitrogens with zero attached hydrogens (tertiary/aromatic N) is 1. The van der Waals surface area contributed by atoms with Crippen molar-refractivity contribution in [3.63, 3.8) is 0 Å². The van der Waals surface area contributed by atoms with Crippen LogP contribution in [0.2, 0.25) is 0 Å². The van der Waals surface area contributed by atoms with Gasteiger partial charge in [0.1, 0.15) is 9.86 Å². The zero-order chi connectivity index (χ0) is 13.6. The number of rotatable bonds is 4. The van der Waals surface area contributed by atoms with E-state index >= 15 is 0 Å². The van der Waals surface area contributed by atoms with E-state index in [4.69, 9.17) is 12.2 Å². The Bertz CT molecular complexity index is 317. The summed E-state index contributed by atoms with van der Waals surface area (Å²) in [6.45, 7) is 3.18. The van der Waals surface area contributed by atoms with Crippen molar-refractivity contribution in [1.82, 2.24) is 10.2 Å². The zero-order valence-electron chi connectivity index (χ0n) is 10.7. The fourth-order valence-electron chi connectivity index (χ4n) is 0.947. The van der Waals surface area contributed by atoms with Gasteiger partial charge in [-0.1, -0.05) is 24.0 Å². The molecule has 0 radical (unpaired) electrons. The van der Waals surface area contributed by atoms with E-state index in [0.717, 1.165) is 0 Å². The highest BCUT2D eigenvalue weighted by atomic mass is 32.2. The predicted octanol–water partition coefficient (Wildman–Crippen LogP) is 0.634. The summed E-state index contributed by atoms with van der Waals surface area (Å²) in [6, 6.07) is 0. The van der Waals surface area contributed by atoms with Crippen LogP contribution in [0, 0.1) is 0 Å². The van der Waals surface area contributed by atoms with E-state index in [0.29, 0.717) is 4.32 Å². The molecule has 0 aliphatic carbocycles. The van der Waals surface area contributed by atoms with Crippen LogP contribution in [0.4, 0.5) is 0 Å². The summed E-state index contributed by atoms with van der Waals surface area (Å²) in [5.41, 5.74) is -1.02. The van der Waals surface area contributed by atoms with Crippen molar-refractivity contribution >= 4 is 40.2 Å². The summed E-state index contributed by atoms with van der Waals surface area (Å²) < 4.78 is 5.21. The van der Waals surface area contributed by atoms with Gasteiger partial charge in [0.05, 0.1) is 12.9 Å². The van der Waals surface area contributed by atoms with Crippen LogP contribution >= 0.6 is 24.0 Å². The minimum Gasteiger partial charge on any atom is -0.467 e. The molecule has 5 nitrogen and oxygen atoms in total. The molecule has 7 heteroatoms. The van der Waals surface area contributed by atoms with Gasteiger partial charge < -0.3 is 15.0 Å². The second kappa shape index (κ2) is 6.80. The molecule has 0 rings (SSSR count). The molecule has 0 aliphatic rings. The summed E-state index contributed by atoms with van der Waals surface area (Å²) in [4.78, 5) is 24.7. The van der Waals surface area contributed by atoms with Crippen molar-refractivity contribution in [2.24, 2.45) is 0 Å². The third-order valence-electron chi connectivity index (χ3n) is 1.84. The quantitative estimate of drug-likeness (QED) is 0.601. The Morgan fingerprint density at radius 3 is 2.35 bits per heavy atom. The van der Waals surface area contributed by atoms with E-state index < -0.39 is 11.5 Å². The second-order valence-corrected chi connectivity index (χ2v) is 5.72. The van der Waals surface area contributed by atoms with Crippen LogP contribution in [0.15, 0.2) is 0 Å². The predicted molar refractivity (Wildman–Crippen MR) is 73.0 cm³/mol. The first-order valence-electron chi connectivity index (χ1n) is 4.94. The normalized spacial score (nSPS) is 10.6. The molecule has 0 aliphatic heterocycles. The number of amides is 1. The Balaban J connectivity index is 4.19. The Morgan fingerprint density at radius 1 is 1.41 bits per heavy atom. The van der Waals surface area contributed by atoms with Crippen molar-refractivity contribution in [3.8, 4) is 0 Å². The van der Waals surface area contributed by atoms with Gasteiger partial charge in [-0.05, 0) is 13.8 Å². The van der Waals surface area contributed by atoms with E-state index in [2.05, 4.69) is 10.1 Å². The lowest BCUT2D eigenvalue weighted by Crippen LogP contribution is -2.51. The van der Waals surface area contributed by atoms with Crippen LogP contribution in [0.3, 0.4) is 0 Å². The van der Waals surface area contributed by atoms with Crippen LogP contribution in [-0.4, -0.2) is 53.6 Å². The molecule has 0 aromatic rings. The minimum absolute atomic E-state index is 0.178. The standard InChI is InChI=1S/C10H18N2O3S2/c1-10(2,8(14)15-5)11-7(13)6-17-9(16)12(3)4/h6H2,1-5H3,(H,11,13). The fourth-order valence-corrected chi connectivity index (χ4v) is 1.71. The molecule has 0 unspecified atom stereocenters. The maximum atomic E-state index is 11.6. The van der Waals surface area contributed by atoms with Gasteiger partial charge >= 0.3 is 5.97 Å². The van der Waals surface area contributed by atoms with Crippen LogP contribution < -0.4 is 5.32 Å². The lowest BCUT2D eigenvalue weighted by molar-refractivity contribution is -0.149. The molecule has 0 atom stereocenters. The molecule has 0 aromatic carbocycles. The van der Waals surface area contributed by atoms with Crippen LogP contribution in [0.25, 0.3) is 0 Å². The molecule has 17 heavy (non-hydrogen) atoms. The second-order valence-electron chi connectivity index (χ2n) is 4.11. The van der Waals surface area contributed by atoms with E-state index in [1.807, 2.05) is 14.1 Å². The number of carbonyl (C=O) groups excluding carboxylic acids is 2. The Hall–Kier alpha value is -0.820. The van der Waals surface area contributed by atoms with Crippen LogP contribution in [0.1, 0.15) is 13.8 Å². The summed E-state index contributed by atoms with van der Waals surface area (Å²) in [7, 11) is 4.91. The third kappa shape index (κ3) is 5.88. The summed E-state index contributed by atoms with van der Waals surface area (Å²) in [6.07, 6.45) is 0. The number of ether oxygens (including phenoxy) is 1. The van der Waals surface area contributed by atoms with Crippen molar-refractivity contribution < 1.29 is 14.3 Å². The number of methoxy groups -OCH3 is 1. The van der Waals surface area contributed by atoms with E-state index in [1.165, 1.54) is 18.9 Å². The average Bonchev–Trinajstić information content (AvgIpc) is 2.23. The van der Waals surface area contributed by atoms with Gasteiger partial charge in [0.15, 0.2) is 0 Å². The first kappa shape index (κ1) is 16.2. The largest absolute Gasteiger partial charge is 0.467 e. The smallest absolute Gasteiger partial charge is 0.330 e. The minimum atomic E-state index is -1.02. The van der Waals surface area contributed by atoms with Gasteiger partial charge in [0.25, 0.3) is 0 Å². The SMILES string of the molecule is COC(=O)C(C)(C)NC(=O)CSC(=S)N(C)C. The van der Waals surface area contributed by atoms with Crippen LogP contribution in [0.5, 0.6) is 0 Å². The van der Waals surface area contributed by atoms with E-state index in [9.17, 15) is 9.59 Å². The average molecular weight is 278 g/mol. The number of nitrogens with one attached hydrogen (secondary N) is 1. The van der Waals surface area contributed by atoms with Crippen molar-refractivity contribution in [2.45, 2.75) is 19.4 Å². The lowest BCUT2D eigenvalue weighted by Gasteiger charge is -2.23. The lowest BCUT2D eigenvalue weighted by atomic mass is 10.1. The molecule has 0 heterocycles. The highest BCUT2D eigenvalue weighted by molar-refractivity contribution is 8.23. The number of carbonyl (C=O) groups is 2. The number of thiocarbonyl (C=S) groups is 1. The molecular formula is C10H18N2O3S2. The number of esters is 1. The maximum absolute atomic E-state index is 11.6. The number of hydrogen-bond acceptors (Lipinski definition) is 5. The molecule has 0 saturated carbocycles. The Morgan fingerprint density at radius 2 is 1.94 bits per heavy atom. The van der Waals surface area contributed by atoms with E-state index in [1.54, 1.807) is 18.7 Å². The number of thioether (sulfide) groups is 1. The molecular weight excluding hydrogens is 260 g/mol. The monoisotopic (exact) mass is 278 g/mol. The fraction of sp³-hybridized carbons (Fsp3) is 0.700. The maximum Gasteiger partial charge on any atom is 0.330 e. The summed E-state index contributed by atoms with van der Waals surface area (Å²) >= 11 is 6.28. The first-order valence-corrected chi connectivity index (χ1v) is 6.33. The molecule has 1 amide bonds. The highest BCUT2D eigenvalue weighted by Gasteiger charge is 2.30. The van der Waals surface area contributed by atoms with Gasteiger partial charge in [-0.25, -0.2) is 4.79 Å². The van der Waals surface area contributed by atoms with Crippen molar-refractivity contribution in [3.05, 3.63) is 0 Å². The zero-order valence-corrected chi connectivity index (χ0v) is 12.3. The van der Waals surface area contributed by atoms with Crippen LogP contribution in [-0.2, 0) is 14.3 Å². The van der Waals surface area contributed by atoms with Gasteiger partial charge in [-0.2, -0.15) is 0 Å². The topological polar surface area (TPSA) is 58.6 Å². The summed E-state index contributed by atoms with van der Waals surface area (Å²) in [5.74, 6) is -0.558. The van der Waals surface area contributed by atoms with E-state index in [-0.39, 0.29) is 11.7 Å². The highest BCUT2D eigenvalue weighted by Crippen LogP contribution is 2.09. The molecule has 0 aromatic heterocycles. The number of hydrogen-bond donors (Lipinski definition) is 1. The van der Waals surface area contributed by atoms with Gasteiger partial charge in [-0.3, -0.25) is 4.79 Å². The molecule has 0 bridgehead atoms. The third-order valence-corrected chi connectivity index (χ3v) is 3.58. The van der Waals surface area contributed by atoms with Crippen molar-refractivity contribution in [1.29, 1.82) is 0 Å². The molecule has 0 fully saturated rings. The van der Waals surface area contributed by atoms with Crippen molar-refractivity contribution in [2.75, 3.05) is 27.0 Å². The molecule has 0 spiro atoms. The molecule has 1 N–H and O–H groups in total.